The van der Waals surface area contributed by atoms with Crippen LogP contribution in [0.25, 0.3) is 11.3 Å². The van der Waals surface area contributed by atoms with Crippen LogP contribution in [0.1, 0.15) is 12.8 Å². The van der Waals surface area contributed by atoms with Crippen LogP contribution in [0, 0.1) is 0 Å². The Hall–Kier alpha value is -3.71. The van der Waals surface area contributed by atoms with Gasteiger partial charge >= 0.3 is 0 Å². The monoisotopic (exact) mass is 566 g/mol. The molecule has 0 radical (unpaired) electrons. The van der Waals surface area contributed by atoms with Gasteiger partial charge in [0.1, 0.15) is 12.4 Å². The lowest BCUT2D eigenvalue weighted by atomic mass is 10.1. The molecule has 2 unspecified atom stereocenters. The normalized spacial score (nSPS) is 18.1. The second kappa shape index (κ2) is 14.3. The van der Waals surface area contributed by atoms with E-state index in [-0.39, 0.29) is 13.4 Å². The molecule has 0 spiro atoms. The minimum atomic E-state index is 0.0123. The van der Waals surface area contributed by atoms with Crippen LogP contribution in [-0.2, 0) is 14.2 Å². The topological polar surface area (TPSA) is 138 Å². The van der Waals surface area contributed by atoms with Crippen molar-refractivity contribution in [1.29, 1.82) is 0 Å². The first-order chi connectivity index (χ1) is 20.2. The number of methoxy groups -OCH3 is 1. The molecule has 2 atom stereocenters. The lowest BCUT2D eigenvalue weighted by molar-refractivity contribution is 0.0243. The number of hydrogen-bond acceptors (Lipinski definition) is 12. The molecule has 5 rings (SSSR count). The molecule has 0 saturated carbocycles. The van der Waals surface area contributed by atoms with E-state index < -0.39 is 0 Å². The number of nitrogen functional groups attached to an aromatic ring is 1. The van der Waals surface area contributed by atoms with Crippen LogP contribution in [0.4, 0.5) is 17.2 Å². The van der Waals surface area contributed by atoms with Crippen LogP contribution in [-0.4, -0.2) is 99.0 Å². The summed E-state index contributed by atoms with van der Waals surface area (Å²) in [5.41, 5.74) is 9.89. The van der Waals surface area contributed by atoms with Gasteiger partial charge in [-0.1, -0.05) is 12.1 Å². The minimum Gasteiger partial charge on any atom is -0.475 e. The third-order valence-corrected chi connectivity index (χ3v) is 7.22. The van der Waals surface area contributed by atoms with Crippen molar-refractivity contribution in [2.24, 2.45) is 0 Å². The van der Waals surface area contributed by atoms with Crippen LogP contribution in [0.5, 0.6) is 11.6 Å². The minimum absolute atomic E-state index is 0.0123. The van der Waals surface area contributed by atoms with Gasteiger partial charge in [0, 0.05) is 55.8 Å². The summed E-state index contributed by atoms with van der Waals surface area (Å²) >= 11 is 0. The van der Waals surface area contributed by atoms with Gasteiger partial charge in [0.15, 0.2) is 12.6 Å². The molecule has 220 valence electrons. The van der Waals surface area contributed by atoms with E-state index in [1.54, 1.807) is 13.3 Å². The van der Waals surface area contributed by atoms with Crippen LogP contribution < -0.4 is 25.0 Å². The second-order valence-electron chi connectivity index (χ2n) is 9.89. The number of para-hydroxylation sites is 1. The van der Waals surface area contributed by atoms with Gasteiger partial charge in [-0.15, -0.1) is 10.2 Å². The van der Waals surface area contributed by atoms with E-state index in [1.807, 2.05) is 42.5 Å². The number of rotatable bonds is 15. The fourth-order valence-electron chi connectivity index (χ4n) is 5.45. The fourth-order valence-corrected chi connectivity index (χ4v) is 5.45. The molecule has 3 aromatic rings. The first-order valence-electron chi connectivity index (χ1n) is 13.9. The van der Waals surface area contributed by atoms with Crippen molar-refractivity contribution in [3.8, 4) is 22.9 Å². The molecule has 0 amide bonds. The highest BCUT2D eigenvalue weighted by Gasteiger charge is 2.41. The molecule has 1 aromatic carbocycles. The number of anilines is 3. The molecular weight excluding hydrogens is 528 g/mol. The highest BCUT2D eigenvalue weighted by atomic mass is 16.7. The zero-order chi connectivity index (χ0) is 28.4. The second-order valence-corrected chi connectivity index (χ2v) is 9.89. The zero-order valence-corrected chi connectivity index (χ0v) is 23.4. The first kappa shape index (κ1) is 28.8. The highest BCUT2D eigenvalue weighted by molar-refractivity contribution is 5.74. The lowest BCUT2D eigenvalue weighted by Crippen LogP contribution is -2.54. The van der Waals surface area contributed by atoms with E-state index >= 15 is 0 Å². The number of fused-ring (bicyclic) bond motifs is 2. The Balaban J connectivity index is 1.23. The van der Waals surface area contributed by atoms with Gasteiger partial charge in [-0.25, -0.2) is 4.98 Å². The number of piperazine rings is 1. The molecule has 0 aliphatic carbocycles. The van der Waals surface area contributed by atoms with Gasteiger partial charge in [0.2, 0.25) is 5.88 Å². The molecule has 2 bridgehead atoms. The molecule has 41 heavy (non-hydrogen) atoms. The van der Waals surface area contributed by atoms with Crippen LogP contribution >= 0.6 is 0 Å². The third-order valence-electron chi connectivity index (χ3n) is 7.22. The van der Waals surface area contributed by atoms with Crippen LogP contribution in [0.2, 0.25) is 0 Å². The van der Waals surface area contributed by atoms with Crippen LogP contribution in [0.15, 0.2) is 48.7 Å². The molecule has 12 nitrogen and oxygen atoms in total. The maximum Gasteiger partial charge on any atom is 0.215 e. The predicted molar refractivity (Wildman–Crippen MR) is 154 cm³/mol. The van der Waals surface area contributed by atoms with E-state index in [4.69, 9.17) is 34.5 Å². The molecule has 2 aliphatic rings. The Morgan fingerprint density at radius 3 is 2.46 bits per heavy atom. The smallest absolute Gasteiger partial charge is 0.215 e. The molecule has 3 N–H and O–H groups in total. The summed E-state index contributed by atoms with van der Waals surface area (Å²) in [5.74, 6) is 1.67. The summed E-state index contributed by atoms with van der Waals surface area (Å²) in [6, 6.07) is 14.4. The molecule has 2 fully saturated rings. The number of ether oxygens (including phenoxy) is 5. The first-order valence-corrected chi connectivity index (χ1v) is 13.9. The SMILES string of the molecule is COCOc1ccccc1-c1cc(N2CC3CCC(C2)N3c2ccnc(OCCOCCOCCO)c2)c(N)nn1. The number of benzene rings is 1. The van der Waals surface area contributed by atoms with Crippen molar-refractivity contribution in [2.75, 3.05) is 82.2 Å². The van der Waals surface area contributed by atoms with E-state index in [0.29, 0.717) is 68.3 Å². The van der Waals surface area contributed by atoms with Crippen molar-refractivity contribution in [2.45, 2.75) is 24.9 Å². The van der Waals surface area contributed by atoms with Gasteiger partial charge in [-0.2, -0.15) is 0 Å². The molecule has 2 aliphatic heterocycles. The Kier molecular flexibility index (Phi) is 10.0. The zero-order valence-electron chi connectivity index (χ0n) is 23.4. The molecule has 4 heterocycles. The van der Waals surface area contributed by atoms with Gasteiger partial charge in [-0.05, 0) is 37.1 Å². The molecule has 2 aromatic heterocycles. The van der Waals surface area contributed by atoms with Gasteiger partial charge in [-0.3, -0.25) is 0 Å². The summed E-state index contributed by atoms with van der Waals surface area (Å²) in [5, 5.41) is 17.4. The fraction of sp³-hybridized carbons (Fsp3) is 0.483. The Morgan fingerprint density at radius 1 is 0.927 bits per heavy atom. The summed E-state index contributed by atoms with van der Waals surface area (Å²) in [6.07, 6.45) is 3.97. The maximum atomic E-state index is 8.73. The number of nitrogens with two attached hydrogens (primary N) is 1. The van der Waals surface area contributed by atoms with Gasteiger partial charge < -0.3 is 44.3 Å². The number of aliphatic hydroxyl groups excluding tert-OH is 1. The van der Waals surface area contributed by atoms with Crippen molar-refractivity contribution >= 4 is 17.2 Å². The third kappa shape index (κ3) is 7.14. The number of aliphatic hydroxyl groups is 1. The van der Waals surface area contributed by atoms with Crippen molar-refractivity contribution in [3.05, 3.63) is 48.7 Å². The average Bonchev–Trinajstić information content (AvgIpc) is 3.27. The summed E-state index contributed by atoms with van der Waals surface area (Å²) in [7, 11) is 1.59. The summed E-state index contributed by atoms with van der Waals surface area (Å²) < 4.78 is 27.4. The average molecular weight is 567 g/mol. The standard InChI is InChI=1S/C29H38N6O6/c1-37-20-41-27-5-3-2-4-24(27)25-17-26(29(30)33-32-25)34-18-22-6-7-23(19-34)35(22)21-8-9-31-28(16-21)40-15-14-39-13-12-38-11-10-36/h2-5,8-9,16-17,22-23,36H,6-7,10-15,18-20H2,1H3,(H2,30,33). The number of pyridine rings is 1. The number of hydrogen-bond donors (Lipinski definition) is 2. The van der Waals surface area contributed by atoms with E-state index in [9.17, 15) is 0 Å². The lowest BCUT2D eigenvalue weighted by Gasteiger charge is -2.43. The Morgan fingerprint density at radius 2 is 1.68 bits per heavy atom. The highest BCUT2D eigenvalue weighted by Crippen LogP contribution is 2.39. The Bertz CT molecular complexity index is 1250. The van der Waals surface area contributed by atoms with Gasteiger partial charge in [0.05, 0.1) is 44.4 Å². The largest absolute Gasteiger partial charge is 0.475 e. The molecule has 12 heteroatoms. The molecule has 2 saturated heterocycles. The van der Waals surface area contributed by atoms with E-state index in [0.717, 1.165) is 42.9 Å². The van der Waals surface area contributed by atoms with Crippen molar-refractivity contribution < 1.29 is 28.8 Å². The molecular formula is C29H38N6O6. The summed E-state index contributed by atoms with van der Waals surface area (Å²) in [6.45, 7) is 3.85. The van der Waals surface area contributed by atoms with Crippen molar-refractivity contribution in [1.82, 2.24) is 15.2 Å². The van der Waals surface area contributed by atoms with Crippen LogP contribution in [0.3, 0.4) is 0 Å². The summed E-state index contributed by atoms with van der Waals surface area (Å²) in [4.78, 5) is 9.19. The van der Waals surface area contributed by atoms with Crippen molar-refractivity contribution in [3.63, 3.8) is 0 Å². The van der Waals surface area contributed by atoms with E-state index in [2.05, 4.69) is 25.0 Å². The number of aromatic nitrogens is 3. The predicted octanol–water partition coefficient (Wildman–Crippen LogP) is 2.37. The maximum absolute atomic E-state index is 8.73. The quantitative estimate of drug-likeness (QED) is 0.206. The number of nitrogens with zero attached hydrogens (tertiary/aromatic N) is 5. The Labute approximate surface area is 239 Å². The van der Waals surface area contributed by atoms with E-state index in [1.165, 1.54) is 0 Å². The van der Waals surface area contributed by atoms with Gasteiger partial charge in [0.25, 0.3) is 0 Å².